The van der Waals surface area contributed by atoms with Crippen molar-refractivity contribution >= 4 is 29.6 Å². The SMILES string of the molecule is COc1cc(Nc2nc(NC(C=O)C(C)CN)ncc2C(N)=O)cc(OC)c1. The van der Waals surface area contributed by atoms with Gasteiger partial charge < -0.3 is 36.4 Å². The maximum atomic E-state index is 11.8. The molecule has 10 heteroatoms. The third kappa shape index (κ3) is 5.07. The summed E-state index contributed by atoms with van der Waals surface area (Å²) in [5, 5.41) is 5.92. The standard InChI is InChI=1S/C18H24N6O4/c1-10(7-19)15(9-25)23-18-21-8-14(16(20)26)17(24-18)22-11-4-12(27-2)6-13(5-11)28-3/h4-6,8-10,15H,7,19H2,1-3H3,(H2,20,26)(H2,21,22,23,24). The van der Waals surface area contributed by atoms with E-state index in [1.807, 2.05) is 6.92 Å². The van der Waals surface area contributed by atoms with Crippen LogP contribution in [-0.4, -0.2) is 49.0 Å². The van der Waals surface area contributed by atoms with Gasteiger partial charge in [0.15, 0.2) is 0 Å². The molecule has 1 heterocycles. The first-order valence-corrected chi connectivity index (χ1v) is 8.50. The molecular formula is C18H24N6O4. The molecule has 10 nitrogen and oxygen atoms in total. The maximum Gasteiger partial charge on any atom is 0.254 e. The van der Waals surface area contributed by atoms with Gasteiger partial charge >= 0.3 is 0 Å². The molecule has 2 rings (SSSR count). The van der Waals surface area contributed by atoms with E-state index >= 15 is 0 Å². The van der Waals surface area contributed by atoms with Crippen LogP contribution in [0.1, 0.15) is 17.3 Å². The van der Waals surface area contributed by atoms with Crippen LogP contribution in [0.4, 0.5) is 17.5 Å². The van der Waals surface area contributed by atoms with Gasteiger partial charge in [0.05, 0.1) is 20.3 Å². The van der Waals surface area contributed by atoms with Crippen molar-refractivity contribution < 1.29 is 19.1 Å². The van der Waals surface area contributed by atoms with Crippen LogP contribution >= 0.6 is 0 Å². The molecule has 0 fully saturated rings. The molecule has 0 bridgehead atoms. The molecule has 0 aliphatic carbocycles. The fourth-order valence-electron chi connectivity index (χ4n) is 2.35. The number of hydrogen-bond acceptors (Lipinski definition) is 9. The Morgan fingerprint density at radius 3 is 2.39 bits per heavy atom. The molecule has 0 saturated carbocycles. The maximum absolute atomic E-state index is 11.8. The zero-order valence-electron chi connectivity index (χ0n) is 15.9. The Balaban J connectivity index is 2.39. The number of benzene rings is 1. The number of carbonyl (C=O) groups is 2. The number of carbonyl (C=O) groups excluding carboxylic acids is 2. The van der Waals surface area contributed by atoms with Crippen molar-refractivity contribution in [3.05, 3.63) is 30.0 Å². The zero-order chi connectivity index (χ0) is 20.7. The van der Waals surface area contributed by atoms with Gasteiger partial charge in [0, 0.05) is 30.1 Å². The predicted molar refractivity (Wildman–Crippen MR) is 105 cm³/mol. The van der Waals surface area contributed by atoms with Crippen LogP contribution in [0.15, 0.2) is 24.4 Å². The lowest BCUT2D eigenvalue weighted by Gasteiger charge is -2.19. The number of nitrogens with one attached hydrogen (secondary N) is 2. The molecule has 28 heavy (non-hydrogen) atoms. The van der Waals surface area contributed by atoms with E-state index in [0.717, 1.165) is 6.29 Å². The number of anilines is 3. The number of nitrogens with two attached hydrogens (primary N) is 2. The second-order valence-electron chi connectivity index (χ2n) is 6.07. The molecule has 0 aliphatic rings. The second-order valence-corrected chi connectivity index (χ2v) is 6.07. The van der Waals surface area contributed by atoms with Crippen molar-refractivity contribution in [2.24, 2.45) is 17.4 Å². The van der Waals surface area contributed by atoms with Crippen LogP contribution in [0.2, 0.25) is 0 Å². The Hall–Kier alpha value is -3.40. The number of amides is 1. The molecule has 1 aromatic heterocycles. The van der Waals surface area contributed by atoms with E-state index in [-0.39, 0.29) is 23.2 Å². The largest absolute Gasteiger partial charge is 0.497 e. The summed E-state index contributed by atoms with van der Waals surface area (Å²) in [6.07, 6.45) is 2.02. The number of hydrogen-bond donors (Lipinski definition) is 4. The molecular weight excluding hydrogens is 364 g/mol. The first-order valence-electron chi connectivity index (χ1n) is 8.50. The molecule has 2 aromatic rings. The van der Waals surface area contributed by atoms with Crippen molar-refractivity contribution in [3.8, 4) is 11.5 Å². The highest BCUT2D eigenvalue weighted by atomic mass is 16.5. The molecule has 0 spiro atoms. The van der Waals surface area contributed by atoms with Gasteiger partial charge in [-0.15, -0.1) is 0 Å². The van der Waals surface area contributed by atoms with Crippen molar-refractivity contribution in [1.29, 1.82) is 0 Å². The zero-order valence-corrected chi connectivity index (χ0v) is 15.9. The summed E-state index contributed by atoms with van der Waals surface area (Å²) < 4.78 is 10.5. The Kier molecular flexibility index (Phi) is 7.10. The van der Waals surface area contributed by atoms with Gasteiger partial charge in [-0.25, -0.2) is 4.98 Å². The van der Waals surface area contributed by atoms with Gasteiger partial charge in [-0.05, 0) is 12.5 Å². The minimum atomic E-state index is -0.703. The summed E-state index contributed by atoms with van der Waals surface area (Å²) >= 11 is 0. The van der Waals surface area contributed by atoms with Crippen LogP contribution < -0.4 is 31.6 Å². The number of primary amides is 1. The molecule has 1 amide bonds. The molecule has 2 atom stereocenters. The van der Waals surface area contributed by atoms with Crippen molar-refractivity contribution in [3.63, 3.8) is 0 Å². The van der Waals surface area contributed by atoms with Crippen molar-refractivity contribution in [2.45, 2.75) is 13.0 Å². The summed E-state index contributed by atoms with van der Waals surface area (Å²) in [6.45, 7) is 2.13. The number of aromatic nitrogens is 2. The summed E-state index contributed by atoms with van der Waals surface area (Å²) in [7, 11) is 3.05. The Morgan fingerprint density at radius 2 is 1.89 bits per heavy atom. The number of rotatable bonds is 10. The van der Waals surface area contributed by atoms with Crippen LogP contribution in [0, 0.1) is 5.92 Å². The van der Waals surface area contributed by atoms with E-state index in [0.29, 0.717) is 23.7 Å². The Labute approximate surface area is 162 Å². The van der Waals surface area contributed by atoms with E-state index < -0.39 is 11.9 Å². The molecule has 0 radical (unpaired) electrons. The average molecular weight is 388 g/mol. The lowest BCUT2D eigenvalue weighted by atomic mass is 10.0. The number of nitrogens with zero attached hydrogens (tertiary/aromatic N) is 2. The van der Waals surface area contributed by atoms with E-state index in [4.69, 9.17) is 20.9 Å². The molecule has 1 aromatic carbocycles. The monoisotopic (exact) mass is 388 g/mol. The third-order valence-electron chi connectivity index (χ3n) is 4.10. The smallest absolute Gasteiger partial charge is 0.254 e. The quantitative estimate of drug-likeness (QED) is 0.435. The van der Waals surface area contributed by atoms with Gasteiger partial charge in [0.25, 0.3) is 5.91 Å². The fraction of sp³-hybridized carbons (Fsp3) is 0.333. The number of aldehydes is 1. The van der Waals surface area contributed by atoms with E-state index in [9.17, 15) is 9.59 Å². The first kappa shape index (κ1) is 20.9. The normalized spacial score (nSPS) is 12.6. The first-order chi connectivity index (χ1) is 13.4. The second kappa shape index (κ2) is 9.51. The van der Waals surface area contributed by atoms with E-state index in [2.05, 4.69) is 20.6 Å². The minimum Gasteiger partial charge on any atom is -0.497 e. The summed E-state index contributed by atoms with van der Waals surface area (Å²) in [4.78, 5) is 31.4. The average Bonchev–Trinajstić information content (AvgIpc) is 2.70. The number of ether oxygens (including phenoxy) is 2. The molecule has 6 N–H and O–H groups in total. The van der Waals surface area contributed by atoms with E-state index in [1.54, 1.807) is 18.2 Å². The van der Waals surface area contributed by atoms with Crippen LogP contribution in [0.3, 0.4) is 0 Å². The van der Waals surface area contributed by atoms with Gasteiger partial charge in [0.2, 0.25) is 5.95 Å². The predicted octanol–water partition coefficient (Wildman–Crippen LogP) is 0.911. The lowest BCUT2D eigenvalue weighted by molar-refractivity contribution is -0.109. The van der Waals surface area contributed by atoms with Gasteiger partial charge in [-0.2, -0.15) is 4.98 Å². The molecule has 0 saturated heterocycles. The van der Waals surface area contributed by atoms with Crippen LogP contribution in [-0.2, 0) is 4.79 Å². The Bertz CT molecular complexity index is 823. The highest BCUT2D eigenvalue weighted by Crippen LogP contribution is 2.28. The number of methoxy groups -OCH3 is 2. The molecule has 2 unspecified atom stereocenters. The van der Waals surface area contributed by atoms with Crippen molar-refractivity contribution in [1.82, 2.24) is 9.97 Å². The summed E-state index contributed by atoms with van der Waals surface area (Å²) in [5.41, 5.74) is 11.7. The lowest BCUT2D eigenvalue weighted by Crippen LogP contribution is -2.34. The van der Waals surface area contributed by atoms with Crippen LogP contribution in [0.25, 0.3) is 0 Å². The highest BCUT2D eigenvalue weighted by molar-refractivity contribution is 5.98. The highest BCUT2D eigenvalue weighted by Gasteiger charge is 2.18. The van der Waals surface area contributed by atoms with Crippen LogP contribution in [0.5, 0.6) is 11.5 Å². The summed E-state index contributed by atoms with van der Waals surface area (Å²) in [6, 6.07) is 4.53. The molecule has 150 valence electrons. The Morgan fingerprint density at radius 1 is 1.25 bits per heavy atom. The van der Waals surface area contributed by atoms with Gasteiger partial charge in [-0.1, -0.05) is 6.92 Å². The fourth-order valence-corrected chi connectivity index (χ4v) is 2.35. The van der Waals surface area contributed by atoms with Gasteiger partial charge in [0.1, 0.15) is 29.2 Å². The topological polar surface area (TPSA) is 154 Å². The summed E-state index contributed by atoms with van der Waals surface area (Å²) in [5.74, 6) is 0.590. The molecule has 0 aliphatic heterocycles. The third-order valence-corrected chi connectivity index (χ3v) is 4.10. The van der Waals surface area contributed by atoms with Crippen molar-refractivity contribution in [2.75, 3.05) is 31.4 Å². The van der Waals surface area contributed by atoms with Gasteiger partial charge in [-0.3, -0.25) is 4.79 Å². The minimum absolute atomic E-state index is 0.0851. The van der Waals surface area contributed by atoms with E-state index in [1.165, 1.54) is 20.4 Å².